The third-order valence-electron chi connectivity index (χ3n) is 3.33. The summed E-state index contributed by atoms with van der Waals surface area (Å²) in [4.78, 5) is 0.348. The Morgan fingerprint density at radius 1 is 1.05 bits per heavy atom. The molecule has 1 unspecified atom stereocenters. The lowest BCUT2D eigenvalue weighted by Crippen LogP contribution is -1.92. The van der Waals surface area contributed by atoms with E-state index in [-0.39, 0.29) is 0 Å². The second kappa shape index (κ2) is 6.02. The Hall–Kier alpha value is -1.25. The Kier molecular flexibility index (Phi) is 4.13. The van der Waals surface area contributed by atoms with Gasteiger partial charge in [-0.25, -0.2) is 0 Å². The Labute approximate surface area is 131 Å². The van der Waals surface area contributed by atoms with Crippen LogP contribution >= 0.6 is 27.5 Å². The van der Waals surface area contributed by atoms with Gasteiger partial charge in [0.1, 0.15) is 11.3 Å². The maximum absolute atomic E-state index is 5.99. The smallest absolute Gasteiger partial charge is 0.134 e. The molecule has 3 aromatic rings. The predicted molar refractivity (Wildman–Crippen MR) is 87.7 cm³/mol. The number of hydrogen-bond acceptors (Lipinski definition) is 1. The molecule has 20 heavy (non-hydrogen) atoms. The van der Waals surface area contributed by atoms with Crippen LogP contribution in [0.5, 0.6) is 0 Å². The van der Waals surface area contributed by atoms with Gasteiger partial charge in [0.05, 0.1) is 0 Å². The zero-order valence-corrected chi connectivity index (χ0v) is 13.2. The molecule has 0 radical (unpaired) electrons. The number of rotatable bonds is 4. The van der Waals surface area contributed by atoms with Crippen LogP contribution in [-0.4, -0.2) is 0 Å². The summed E-state index contributed by atoms with van der Waals surface area (Å²) in [6.45, 7) is 0. The summed E-state index contributed by atoms with van der Waals surface area (Å²) in [5.74, 6) is 1.00. The molecule has 3 rings (SSSR count). The topological polar surface area (TPSA) is 13.1 Å². The fraction of sp³-hybridized carbons (Fsp3) is 0.176. The standard InChI is InChI=1S/C17H14BrClO/c18-16(12-4-2-1-3-5-12)8-7-15-11-13-10-14(19)6-9-17(13)20-15/h1-6,9-11,16H,7-8H2. The van der Waals surface area contributed by atoms with Crippen molar-refractivity contribution in [3.8, 4) is 0 Å². The average molecular weight is 350 g/mol. The molecule has 2 aromatic carbocycles. The van der Waals surface area contributed by atoms with Gasteiger partial charge >= 0.3 is 0 Å². The summed E-state index contributed by atoms with van der Waals surface area (Å²) in [6.07, 6.45) is 1.90. The van der Waals surface area contributed by atoms with Crippen molar-refractivity contribution in [2.45, 2.75) is 17.7 Å². The number of benzene rings is 2. The Morgan fingerprint density at radius 3 is 2.65 bits per heavy atom. The molecule has 3 heteroatoms. The summed E-state index contributed by atoms with van der Waals surface area (Å²) in [6, 6.07) is 18.2. The molecule has 1 nitrogen and oxygen atoms in total. The van der Waals surface area contributed by atoms with Gasteiger partial charge < -0.3 is 4.42 Å². The van der Waals surface area contributed by atoms with E-state index in [0.717, 1.165) is 34.6 Å². The number of alkyl halides is 1. The van der Waals surface area contributed by atoms with Crippen LogP contribution in [0.4, 0.5) is 0 Å². The Morgan fingerprint density at radius 2 is 1.85 bits per heavy atom. The fourth-order valence-corrected chi connectivity index (χ4v) is 3.00. The van der Waals surface area contributed by atoms with E-state index >= 15 is 0 Å². The molecule has 0 fully saturated rings. The van der Waals surface area contributed by atoms with Crippen molar-refractivity contribution >= 4 is 38.5 Å². The van der Waals surface area contributed by atoms with E-state index in [1.165, 1.54) is 5.56 Å². The molecule has 0 saturated heterocycles. The van der Waals surface area contributed by atoms with E-state index < -0.39 is 0 Å². The molecule has 0 aliphatic rings. The van der Waals surface area contributed by atoms with Crippen LogP contribution in [0.25, 0.3) is 11.0 Å². The van der Waals surface area contributed by atoms with Crippen LogP contribution in [0.1, 0.15) is 22.6 Å². The minimum atomic E-state index is 0.348. The van der Waals surface area contributed by atoms with Gasteiger partial charge in [0, 0.05) is 21.7 Å². The van der Waals surface area contributed by atoms with Gasteiger partial charge in [0.25, 0.3) is 0 Å². The quantitative estimate of drug-likeness (QED) is 0.514. The highest BCUT2D eigenvalue weighted by molar-refractivity contribution is 9.09. The number of halogens is 2. The van der Waals surface area contributed by atoms with E-state index in [0.29, 0.717) is 4.83 Å². The molecule has 1 atom stereocenters. The molecule has 0 amide bonds. The largest absolute Gasteiger partial charge is 0.461 e. The second-order valence-corrected chi connectivity index (χ2v) is 6.35. The van der Waals surface area contributed by atoms with E-state index in [2.05, 4.69) is 46.3 Å². The van der Waals surface area contributed by atoms with Crippen LogP contribution in [0.2, 0.25) is 5.02 Å². The van der Waals surface area contributed by atoms with Crippen molar-refractivity contribution in [1.82, 2.24) is 0 Å². The van der Waals surface area contributed by atoms with Crippen molar-refractivity contribution in [1.29, 1.82) is 0 Å². The van der Waals surface area contributed by atoms with Gasteiger partial charge in [0.15, 0.2) is 0 Å². The van der Waals surface area contributed by atoms with Gasteiger partial charge in [-0.3, -0.25) is 0 Å². The van der Waals surface area contributed by atoms with E-state index in [1.807, 2.05) is 24.3 Å². The third kappa shape index (κ3) is 3.08. The molecule has 0 N–H and O–H groups in total. The zero-order chi connectivity index (χ0) is 13.9. The highest BCUT2D eigenvalue weighted by Gasteiger charge is 2.10. The first-order valence-electron chi connectivity index (χ1n) is 6.59. The Bertz CT molecular complexity index is 705. The maximum Gasteiger partial charge on any atom is 0.134 e. The minimum absolute atomic E-state index is 0.348. The molecule has 102 valence electrons. The first kappa shape index (κ1) is 13.7. The van der Waals surface area contributed by atoms with Crippen LogP contribution in [0.15, 0.2) is 59.0 Å². The number of fused-ring (bicyclic) bond motifs is 1. The molecular formula is C17H14BrClO. The summed E-state index contributed by atoms with van der Waals surface area (Å²) < 4.78 is 5.83. The van der Waals surface area contributed by atoms with Gasteiger partial charge in [-0.2, -0.15) is 0 Å². The number of aryl methyl sites for hydroxylation is 1. The number of furan rings is 1. The molecular weight excluding hydrogens is 336 g/mol. The van der Waals surface area contributed by atoms with Crippen molar-refractivity contribution in [2.24, 2.45) is 0 Å². The fourth-order valence-electron chi connectivity index (χ4n) is 2.29. The maximum atomic E-state index is 5.99. The van der Waals surface area contributed by atoms with Crippen LogP contribution < -0.4 is 0 Å². The minimum Gasteiger partial charge on any atom is -0.461 e. The summed E-state index contributed by atoms with van der Waals surface area (Å²) in [7, 11) is 0. The number of hydrogen-bond donors (Lipinski definition) is 0. The highest BCUT2D eigenvalue weighted by Crippen LogP contribution is 2.29. The summed E-state index contributed by atoms with van der Waals surface area (Å²) >= 11 is 9.72. The first-order valence-corrected chi connectivity index (χ1v) is 7.89. The Balaban J connectivity index is 1.71. The SMILES string of the molecule is Clc1ccc2oc(CCC(Br)c3ccccc3)cc2c1. The zero-order valence-electron chi connectivity index (χ0n) is 10.9. The lowest BCUT2D eigenvalue weighted by atomic mass is 10.1. The highest BCUT2D eigenvalue weighted by atomic mass is 79.9. The predicted octanol–water partition coefficient (Wildman–Crippen LogP) is 6.16. The van der Waals surface area contributed by atoms with Gasteiger partial charge in [-0.1, -0.05) is 57.9 Å². The van der Waals surface area contributed by atoms with Crippen LogP contribution in [0.3, 0.4) is 0 Å². The normalized spacial score (nSPS) is 12.7. The van der Waals surface area contributed by atoms with Crippen molar-refractivity contribution in [3.63, 3.8) is 0 Å². The van der Waals surface area contributed by atoms with Gasteiger partial charge in [-0.15, -0.1) is 0 Å². The van der Waals surface area contributed by atoms with E-state index in [9.17, 15) is 0 Å². The van der Waals surface area contributed by atoms with Crippen molar-refractivity contribution < 1.29 is 4.42 Å². The van der Waals surface area contributed by atoms with E-state index in [1.54, 1.807) is 0 Å². The van der Waals surface area contributed by atoms with Crippen molar-refractivity contribution in [2.75, 3.05) is 0 Å². The molecule has 0 bridgehead atoms. The lowest BCUT2D eigenvalue weighted by molar-refractivity contribution is 0.538. The molecule has 0 saturated carbocycles. The molecule has 0 spiro atoms. The van der Waals surface area contributed by atoms with Gasteiger partial charge in [-0.05, 0) is 36.2 Å². The van der Waals surface area contributed by atoms with Crippen LogP contribution in [0, 0.1) is 0 Å². The molecule has 1 heterocycles. The second-order valence-electron chi connectivity index (χ2n) is 4.81. The van der Waals surface area contributed by atoms with Gasteiger partial charge in [0.2, 0.25) is 0 Å². The summed E-state index contributed by atoms with van der Waals surface area (Å²) in [5, 5.41) is 1.81. The monoisotopic (exact) mass is 348 g/mol. The van der Waals surface area contributed by atoms with Crippen molar-refractivity contribution in [3.05, 3.63) is 70.9 Å². The molecule has 0 aliphatic carbocycles. The van der Waals surface area contributed by atoms with Crippen LogP contribution in [-0.2, 0) is 6.42 Å². The lowest BCUT2D eigenvalue weighted by Gasteiger charge is -2.08. The summed E-state index contributed by atoms with van der Waals surface area (Å²) in [5.41, 5.74) is 2.20. The molecule has 0 aliphatic heterocycles. The molecule has 1 aromatic heterocycles. The average Bonchev–Trinajstić information content (AvgIpc) is 2.87. The third-order valence-corrected chi connectivity index (χ3v) is 4.56. The van der Waals surface area contributed by atoms with E-state index in [4.69, 9.17) is 16.0 Å². The first-order chi connectivity index (χ1) is 9.72.